The van der Waals surface area contributed by atoms with Crippen molar-refractivity contribution in [3.63, 3.8) is 0 Å². The summed E-state index contributed by atoms with van der Waals surface area (Å²) in [4.78, 5) is 18.7. The minimum absolute atomic E-state index is 0.360. The molecule has 2 aromatic heterocycles. The molecular formula is C13H20N6O. The fraction of sp³-hybridized carbons (Fsp3) is 0.615. The largest absolute Gasteiger partial charge is 0.381 e. The van der Waals surface area contributed by atoms with Crippen LogP contribution in [0.25, 0.3) is 11.2 Å². The number of rotatable bonds is 4. The van der Waals surface area contributed by atoms with Crippen molar-refractivity contribution in [2.45, 2.75) is 25.9 Å². The molecule has 0 bridgehead atoms. The SMILES string of the molecule is CCNc1nc(N2CCC(OC)CC2)c2[nH]cnc2n1. The highest BCUT2D eigenvalue weighted by Crippen LogP contribution is 2.26. The van der Waals surface area contributed by atoms with Crippen LogP contribution in [-0.2, 0) is 4.74 Å². The molecule has 0 spiro atoms. The van der Waals surface area contributed by atoms with Crippen LogP contribution < -0.4 is 10.2 Å². The van der Waals surface area contributed by atoms with E-state index in [2.05, 4.69) is 30.2 Å². The van der Waals surface area contributed by atoms with E-state index in [0.29, 0.717) is 17.7 Å². The standard InChI is InChI=1S/C13H20N6O/c1-3-14-13-17-11-10(15-8-16-11)12(18-13)19-6-4-9(20-2)5-7-19/h8-9H,3-7H2,1-2H3,(H2,14,15,16,17,18). The highest BCUT2D eigenvalue weighted by molar-refractivity contribution is 5.84. The first-order valence-electron chi connectivity index (χ1n) is 7.04. The molecule has 0 amide bonds. The highest BCUT2D eigenvalue weighted by Gasteiger charge is 2.22. The normalized spacial score (nSPS) is 16.8. The van der Waals surface area contributed by atoms with E-state index < -0.39 is 0 Å². The second kappa shape index (κ2) is 5.62. The Morgan fingerprint density at radius 1 is 1.40 bits per heavy atom. The van der Waals surface area contributed by atoms with Crippen molar-refractivity contribution < 1.29 is 4.74 Å². The second-order valence-corrected chi connectivity index (χ2v) is 4.92. The van der Waals surface area contributed by atoms with Crippen molar-refractivity contribution in [3.8, 4) is 0 Å². The van der Waals surface area contributed by atoms with Crippen LogP contribution in [0.4, 0.5) is 11.8 Å². The summed E-state index contributed by atoms with van der Waals surface area (Å²) in [5.74, 6) is 1.56. The molecule has 1 aliphatic rings. The average molecular weight is 276 g/mol. The van der Waals surface area contributed by atoms with Gasteiger partial charge in [-0.25, -0.2) is 4.98 Å². The summed E-state index contributed by atoms with van der Waals surface area (Å²) in [7, 11) is 1.78. The number of methoxy groups -OCH3 is 1. The van der Waals surface area contributed by atoms with Crippen LogP contribution in [0.5, 0.6) is 0 Å². The lowest BCUT2D eigenvalue weighted by Gasteiger charge is -2.32. The second-order valence-electron chi connectivity index (χ2n) is 4.92. The van der Waals surface area contributed by atoms with Gasteiger partial charge in [-0.15, -0.1) is 0 Å². The Kier molecular flexibility index (Phi) is 3.68. The zero-order chi connectivity index (χ0) is 13.9. The first kappa shape index (κ1) is 13.1. The number of fused-ring (bicyclic) bond motifs is 1. The van der Waals surface area contributed by atoms with Crippen LogP contribution in [-0.4, -0.2) is 52.8 Å². The monoisotopic (exact) mass is 276 g/mol. The smallest absolute Gasteiger partial charge is 0.226 e. The maximum atomic E-state index is 5.42. The van der Waals surface area contributed by atoms with E-state index in [1.807, 2.05) is 6.92 Å². The van der Waals surface area contributed by atoms with Gasteiger partial charge in [0, 0.05) is 26.7 Å². The van der Waals surface area contributed by atoms with Crippen molar-refractivity contribution in [1.29, 1.82) is 0 Å². The van der Waals surface area contributed by atoms with Crippen LogP contribution in [0.15, 0.2) is 6.33 Å². The van der Waals surface area contributed by atoms with E-state index in [-0.39, 0.29) is 0 Å². The summed E-state index contributed by atoms with van der Waals surface area (Å²) < 4.78 is 5.42. The van der Waals surface area contributed by atoms with Crippen molar-refractivity contribution in [2.24, 2.45) is 0 Å². The Labute approximate surface area is 117 Å². The zero-order valence-corrected chi connectivity index (χ0v) is 11.9. The van der Waals surface area contributed by atoms with Crippen LogP contribution in [0.3, 0.4) is 0 Å². The van der Waals surface area contributed by atoms with Crippen molar-refractivity contribution in [2.75, 3.05) is 37.0 Å². The first-order valence-corrected chi connectivity index (χ1v) is 7.04. The van der Waals surface area contributed by atoms with Gasteiger partial charge >= 0.3 is 0 Å². The van der Waals surface area contributed by atoms with Crippen LogP contribution in [0.2, 0.25) is 0 Å². The summed E-state index contributed by atoms with van der Waals surface area (Å²) in [6, 6.07) is 0. The predicted octanol–water partition coefficient (Wildman–Crippen LogP) is 1.40. The lowest BCUT2D eigenvalue weighted by molar-refractivity contribution is 0.0818. The molecule has 7 nitrogen and oxygen atoms in total. The summed E-state index contributed by atoms with van der Waals surface area (Å²) in [5, 5.41) is 3.16. The summed E-state index contributed by atoms with van der Waals surface area (Å²) in [6.45, 7) is 4.70. The average Bonchev–Trinajstić information content (AvgIpc) is 2.95. The van der Waals surface area contributed by atoms with Crippen molar-refractivity contribution >= 4 is 22.9 Å². The van der Waals surface area contributed by atoms with Crippen molar-refractivity contribution in [1.82, 2.24) is 19.9 Å². The molecule has 108 valence electrons. The molecule has 0 unspecified atom stereocenters. The van der Waals surface area contributed by atoms with Crippen LogP contribution in [0, 0.1) is 0 Å². The van der Waals surface area contributed by atoms with Gasteiger partial charge in [0.2, 0.25) is 5.95 Å². The lowest BCUT2D eigenvalue weighted by Crippen LogP contribution is -2.37. The van der Waals surface area contributed by atoms with Gasteiger partial charge in [-0.2, -0.15) is 9.97 Å². The lowest BCUT2D eigenvalue weighted by atomic mass is 10.1. The fourth-order valence-electron chi connectivity index (χ4n) is 2.59. The van der Waals surface area contributed by atoms with Gasteiger partial charge in [0.25, 0.3) is 0 Å². The number of hydrogen-bond acceptors (Lipinski definition) is 6. The van der Waals surface area contributed by atoms with E-state index in [4.69, 9.17) is 4.74 Å². The number of anilines is 2. The summed E-state index contributed by atoms with van der Waals surface area (Å²) >= 11 is 0. The zero-order valence-electron chi connectivity index (χ0n) is 11.9. The first-order chi connectivity index (χ1) is 9.81. The molecule has 0 atom stereocenters. The Morgan fingerprint density at radius 2 is 2.20 bits per heavy atom. The van der Waals surface area contributed by atoms with E-state index in [0.717, 1.165) is 43.8 Å². The molecule has 1 fully saturated rings. The maximum absolute atomic E-state index is 5.42. The highest BCUT2D eigenvalue weighted by atomic mass is 16.5. The third kappa shape index (κ3) is 2.40. The van der Waals surface area contributed by atoms with Crippen molar-refractivity contribution in [3.05, 3.63) is 6.33 Å². The third-order valence-electron chi connectivity index (χ3n) is 3.68. The Morgan fingerprint density at radius 3 is 2.90 bits per heavy atom. The number of ether oxygens (including phenoxy) is 1. The quantitative estimate of drug-likeness (QED) is 0.879. The molecule has 7 heteroatoms. The fourth-order valence-corrected chi connectivity index (χ4v) is 2.59. The molecule has 0 saturated carbocycles. The van der Waals surface area contributed by atoms with Gasteiger partial charge in [0.1, 0.15) is 5.52 Å². The molecule has 3 rings (SSSR count). The topological polar surface area (TPSA) is 79.0 Å². The minimum atomic E-state index is 0.360. The van der Waals surface area contributed by atoms with Gasteiger partial charge in [-0.3, -0.25) is 0 Å². The molecule has 1 aliphatic heterocycles. The number of hydrogen-bond donors (Lipinski definition) is 2. The number of nitrogens with zero attached hydrogens (tertiary/aromatic N) is 4. The third-order valence-corrected chi connectivity index (χ3v) is 3.68. The van der Waals surface area contributed by atoms with Gasteiger partial charge in [0.05, 0.1) is 12.4 Å². The van der Waals surface area contributed by atoms with Crippen LogP contribution in [0.1, 0.15) is 19.8 Å². The van der Waals surface area contributed by atoms with Gasteiger partial charge in [0.15, 0.2) is 11.5 Å². The van der Waals surface area contributed by atoms with Gasteiger partial charge in [-0.05, 0) is 19.8 Å². The molecule has 0 aromatic carbocycles. The number of piperidine rings is 1. The molecule has 2 aromatic rings. The number of aromatic amines is 1. The number of nitrogens with one attached hydrogen (secondary N) is 2. The van der Waals surface area contributed by atoms with E-state index in [9.17, 15) is 0 Å². The Hall–Kier alpha value is -1.89. The number of H-pyrrole nitrogens is 1. The van der Waals surface area contributed by atoms with Gasteiger partial charge < -0.3 is 19.9 Å². The number of imidazole rings is 1. The molecule has 0 aliphatic carbocycles. The molecule has 2 N–H and O–H groups in total. The van der Waals surface area contributed by atoms with E-state index >= 15 is 0 Å². The molecule has 20 heavy (non-hydrogen) atoms. The molecule has 0 radical (unpaired) electrons. The van der Waals surface area contributed by atoms with Gasteiger partial charge in [-0.1, -0.05) is 0 Å². The van der Waals surface area contributed by atoms with Crippen LogP contribution >= 0.6 is 0 Å². The Bertz CT molecular complexity index is 575. The Balaban J connectivity index is 1.91. The summed E-state index contributed by atoms with van der Waals surface area (Å²) in [5.41, 5.74) is 1.61. The van der Waals surface area contributed by atoms with E-state index in [1.165, 1.54) is 0 Å². The van der Waals surface area contributed by atoms with E-state index in [1.54, 1.807) is 13.4 Å². The molecular weight excluding hydrogens is 256 g/mol. The minimum Gasteiger partial charge on any atom is -0.381 e. The molecule has 3 heterocycles. The summed E-state index contributed by atoms with van der Waals surface area (Å²) in [6.07, 6.45) is 4.07. The maximum Gasteiger partial charge on any atom is 0.226 e. The number of aromatic nitrogens is 4. The molecule has 1 saturated heterocycles. The predicted molar refractivity (Wildman–Crippen MR) is 78.1 cm³/mol.